The lowest BCUT2D eigenvalue weighted by Crippen LogP contribution is -2.49. The molecule has 0 spiro atoms. The Morgan fingerprint density at radius 1 is 1.24 bits per heavy atom. The predicted molar refractivity (Wildman–Crippen MR) is 142 cm³/mol. The van der Waals surface area contributed by atoms with Gasteiger partial charge < -0.3 is 24.3 Å². The monoisotopic (exact) mass is 573 g/mol. The number of rotatable bonds is 7. The zero-order valence-corrected chi connectivity index (χ0v) is 23.2. The number of nitrogens with one attached hydrogen (secondary N) is 1. The molecule has 2 aromatic heterocycles. The molecule has 2 atom stereocenters. The van der Waals surface area contributed by atoms with Crippen LogP contribution >= 0.6 is 15.9 Å². The third-order valence-electron chi connectivity index (χ3n) is 6.26. The fourth-order valence-corrected chi connectivity index (χ4v) is 5.05. The summed E-state index contributed by atoms with van der Waals surface area (Å²) in [6.07, 6.45) is 5.13. The topological polar surface area (TPSA) is 107 Å². The number of halogens is 1. The number of amides is 1. The van der Waals surface area contributed by atoms with E-state index in [0.29, 0.717) is 47.9 Å². The van der Waals surface area contributed by atoms with Crippen molar-refractivity contribution in [2.24, 2.45) is 0 Å². The van der Waals surface area contributed by atoms with Crippen LogP contribution in [0.4, 0.5) is 10.6 Å². The van der Waals surface area contributed by atoms with E-state index in [0.717, 1.165) is 23.2 Å². The second kappa shape index (κ2) is 11.0. The van der Waals surface area contributed by atoms with E-state index in [4.69, 9.17) is 19.2 Å². The van der Waals surface area contributed by atoms with Crippen LogP contribution in [0.2, 0.25) is 0 Å². The first-order valence-electron chi connectivity index (χ1n) is 12.1. The predicted octanol–water partition coefficient (Wildman–Crippen LogP) is 4.80. The van der Waals surface area contributed by atoms with Gasteiger partial charge in [-0.05, 0) is 61.7 Å². The molecule has 1 amide bonds. The van der Waals surface area contributed by atoms with E-state index in [1.165, 1.54) is 4.90 Å². The summed E-state index contributed by atoms with van der Waals surface area (Å²) in [5.41, 5.74) is 1.08. The van der Waals surface area contributed by atoms with E-state index in [1.54, 1.807) is 20.4 Å². The summed E-state index contributed by atoms with van der Waals surface area (Å²) >= 11 is 3.60. The third kappa shape index (κ3) is 5.82. The number of methoxy groups -OCH3 is 2. The van der Waals surface area contributed by atoms with Gasteiger partial charge in [0.05, 0.1) is 20.3 Å². The van der Waals surface area contributed by atoms with Crippen molar-refractivity contribution in [3.63, 3.8) is 0 Å². The smallest absolute Gasteiger partial charge is 0.410 e. The van der Waals surface area contributed by atoms with E-state index < -0.39 is 17.7 Å². The molecule has 3 heterocycles. The van der Waals surface area contributed by atoms with Gasteiger partial charge in [0.1, 0.15) is 39.3 Å². The normalized spacial score (nSPS) is 17.9. The van der Waals surface area contributed by atoms with E-state index in [9.17, 15) is 9.59 Å². The number of likely N-dealkylation sites (tertiary alicyclic amines) is 1. The summed E-state index contributed by atoms with van der Waals surface area (Å²) in [7, 11) is 3.24. The van der Waals surface area contributed by atoms with Crippen LogP contribution in [-0.2, 0) is 16.1 Å². The van der Waals surface area contributed by atoms with Gasteiger partial charge in [-0.15, -0.1) is 0 Å². The van der Waals surface area contributed by atoms with Gasteiger partial charge in [-0.3, -0.25) is 9.30 Å². The maximum atomic E-state index is 12.9. The lowest BCUT2D eigenvalue weighted by molar-refractivity contribution is -0.113. The van der Waals surface area contributed by atoms with Crippen molar-refractivity contribution in [3.05, 3.63) is 46.6 Å². The fraction of sp³-hybridized carbons (Fsp3) is 0.462. The summed E-state index contributed by atoms with van der Waals surface area (Å²) in [5, 5.41) is 3.39. The Hall–Kier alpha value is -3.34. The first-order chi connectivity index (χ1) is 17.6. The van der Waals surface area contributed by atoms with Crippen LogP contribution in [0.3, 0.4) is 0 Å². The fourth-order valence-electron chi connectivity index (χ4n) is 4.49. The number of carbonyl (C=O) groups excluding carboxylic acids is 2. The van der Waals surface area contributed by atoms with Gasteiger partial charge in [-0.2, -0.15) is 0 Å². The standard InChI is InChI=1S/C26H32BrN5O5/c1-26(2,3)37-25(34)32-14-17(6-8-18(32)15-33)24-30-22(27)21-23(28-10-11-31(21)24)29-13-16-7-9-19(35-4)12-20(16)36-5/h7,9-12,15,17-18H,6,8,13-14H2,1-5H3,(H,28,29). The SMILES string of the molecule is COc1ccc(CNc2nccn3c(C4CCC(C=O)N(C(=O)OC(C)(C)C)C4)nc(Br)c23)c(OC)c1. The number of ether oxygens (including phenoxy) is 3. The summed E-state index contributed by atoms with van der Waals surface area (Å²) in [6.45, 7) is 6.24. The molecule has 1 N–H and O–H groups in total. The van der Waals surface area contributed by atoms with Crippen molar-refractivity contribution in [1.82, 2.24) is 19.3 Å². The van der Waals surface area contributed by atoms with Crippen molar-refractivity contribution < 1.29 is 23.8 Å². The number of benzene rings is 1. The average Bonchev–Trinajstić information content (AvgIpc) is 3.22. The Bertz CT molecular complexity index is 1290. The van der Waals surface area contributed by atoms with Gasteiger partial charge in [0.2, 0.25) is 0 Å². The molecule has 2 unspecified atom stereocenters. The molecule has 0 radical (unpaired) electrons. The molecule has 3 aromatic rings. The zero-order valence-electron chi connectivity index (χ0n) is 21.7. The molecule has 10 nitrogen and oxygen atoms in total. The first kappa shape index (κ1) is 26.7. The quantitative estimate of drug-likeness (QED) is 0.401. The highest BCUT2D eigenvalue weighted by atomic mass is 79.9. The van der Waals surface area contributed by atoms with Gasteiger partial charge >= 0.3 is 6.09 Å². The number of anilines is 1. The molecule has 4 rings (SSSR count). The van der Waals surface area contributed by atoms with Gasteiger partial charge in [0, 0.05) is 43.0 Å². The van der Waals surface area contributed by atoms with Gasteiger partial charge in [0.15, 0.2) is 5.82 Å². The minimum absolute atomic E-state index is 0.0838. The molecule has 0 aliphatic carbocycles. The summed E-state index contributed by atoms with van der Waals surface area (Å²) < 4.78 is 19.0. The van der Waals surface area contributed by atoms with Gasteiger partial charge in [-0.1, -0.05) is 0 Å². The number of fused-ring (bicyclic) bond motifs is 1. The Morgan fingerprint density at radius 3 is 2.70 bits per heavy atom. The molecular weight excluding hydrogens is 542 g/mol. The number of aromatic nitrogens is 3. The van der Waals surface area contributed by atoms with E-state index >= 15 is 0 Å². The van der Waals surface area contributed by atoms with Gasteiger partial charge in [0.25, 0.3) is 0 Å². The highest BCUT2D eigenvalue weighted by molar-refractivity contribution is 9.10. The molecule has 1 fully saturated rings. The van der Waals surface area contributed by atoms with Crippen molar-refractivity contribution in [2.75, 3.05) is 26.1 Å². The number of piperidine rings is 1. The Morgan fingerprint density at radius 2 is 2.03 bits per heavy atom. The van der Waals surface area contributed by atoms with Crippen molar-refractivity contribution in [1.29, 1.82) is 0 Å². The molecule has 1 aliphatic rings. The average molecular weight is 574 g/mol. The van der Waals surface area contributed by atoms with E-state index in [-0.39, 0.29) is 5.92 Å². The first-order valence-corrected chi connectivity index (χ1v) is 12.9. The van der Waals surface area contributed by atoms with Crippen LogP contribution in [0.15, 0.2) is 35.2 Å². The molecular formula is C26H32BrN5O5. The molecule has 1 saturated heterocycles. The van der Waals surface area contributed by atoms with Gasteiger partial charge in [-0.25, -0.2) is 14.8 Å². The zero-order chi connectivity index (χ0) is 26.7. The van der Waals surface area contributed by atoms with Crippen molar-refractivity contribution >= 4 is 39.6 Å². The number of aldehydes is 1. The Balaban J connectivity index is 1.60. The van der Waals surface area contributed by atoms with Crippen LogP contribution < -0.4 is 14.8 Å². The largest absolute Gasteiger partial charge is 0.497 e. The number of imidazole rings is 1. The highest BCUT2D eigenvalue weighted by Gasteiger charge is 2.36. The summed E-state index contributed by atoms with van der Waals surface area (Å²) in [6, 6.07) is 5.15. The minimum atomic E-state index is -0.653. The van der Waals surface area contributed by atoms with Crippen LogP contribution in [0.25, 0.3) is 5.52 Å². The molecule has 0 bridgehead atoms. The highest BCUT2D eigenvalue weighted by Crippen LogP contribution is 2.34. The van der Waals surface area contributed by atoms with Crippen molar-refractivity contribution in [2.45, 2.75) is 57.7 Å². The molecule has 0 saturated carbocycles. The van der Waals surface area contributed by atoms with Crippen LogP contribution in [0.5, 0.6) is 11.5 Å². The summed E-state index contributed by atoms with van der Waals surface area (Å²) in [5.74, 6) is 2.78. The van der Waals surface area contributed by atoms with E-state index in [2.05, 4.69) is 26.2 Å². The molecule has 11 heteroatoms. The molecule has 1 aliphatic heterocycles. The van der Waals surface area contributed by atoms with E-state index in [1.807, 2.05) is 49.6 Å². The lowest BCUT2D eigenvalue weighted by Gasteiger charge is -2.37. The maximum absolute atomic E-state index is 12.9. The lowest BCUT2D eigenvalue weighted by atomic mass is 9.93. The van der Waals surface area contributed by atoms with Crippen LogP contribution in [0.1, 0.15) is 50.9 Å². The molecule has 37 heavy (non-hydrogen) atoms. The Labute approximate surface area is 224 Å². The maximum Gasteiger partial charge on any atom is 0.410 e. The number of carbonyl (C=O) groups is 2. The molecule has 198 valence electrons. The second-order valence-electron chi connectivity index (χ2n) is 9.90. The molecule has 1 aromatic carbocycles. The second-order valence-corrected chi connectivity index (χ2v) is 10.6. The number of hydrogen-bond donors (Lipinski definition) is 1. The minimum Gasteiger partial charge on any atom is -0.497 e. The Kier molecular flexibility index (Phi) is 7.91. The van der Waals surface area contributed by atoms with Crippen LogP contribution in [0, 0.1) is 0 Å². The third-order valence-corrected chi connectivity index (χ3v) is 6.81. The van der Waals surface area contributed by atoms with Crippen molar-refractivity contribution in [3.8, 4) is 11.5 Å². The summed E-state index contributed by atoms with van der Waals surface area (Å²) in [4.78, 5) is 35.4. The number of hydrogen-bond acceptors (Lipinski definition) is 8. The number of nitrogens with zero attached hydrogens (tertiary/aromatic N) is 4. The van der Waals surface area contributed by atoms with Crippen LogP contribution in [-0.4, -0.2) is 64.1 Å².